The summed E-state index contributed by atoms with van der Waals surface area (Å²) in [5.74, 6) is -0.780. The second-order valence-corrected chi connectivity index (χ2v) is 7.56. The van der Waals surface area contributed by atoms with E-state index in [1.165, 1.54) is 26.2 Å². The van der Waals surface area contributed by atoms with Crippen LogP contribution in [0.3, 0.4) is 0 Å². The van der Waals surface area contributed by atoms with Gasteiger partial charge in [0.2, 0.25) is 0 Å². The molecule has 8 heteroatoms. The molecule has 8 nitrogen and oxygen atoms in total. The second kappa shape index (κ2) is 9.66. The van der Waals surface area contributed by atoms with Gasteiger partial charge in [-0.05, 0) is 42.0 Å². The van der Waals surface area contributed by atoms with Gasteiger partial charge >= 0.3 is 0 Å². The summed E-state index contributed by atoms with van der Waals surface area (Å²) in [6.07, 6.45) is 1.62. The maximum Gasteiger partial charge on any atom is 0.296 e. The fraction of sp³-hybridized carbons (Fsp3) is 0.192. The van der Waals surface area contributed by atoms with E-state index in [-0.39, 0.29) is 23.4 Å². The van der Waals surface area contributed by atoms with E-state index in [1.54, 1.807) is 66.9 Å². The van der Waals surface area contributed by atoms with Gasteiger partial charge in [0, 0.05) is 6.20 Å². The molecule has 2 heterocycles. The summed E-state index contributed by atoms with van der Waals surface area (Å²) in [4.78, 5) is 32.2. The normalized spacial score (nSPS) is 17.0. The number of aliphatic hydroxyl groups excluding tert-OH is 1. The highest BCUT2D eigenvalue weighted by atomic mass is 16.5. The first-order valence-electron chi connectivity index (χ1n) is 10.5. The van der Waals surface area contributed by atoms with E-state index in [9.17, 15) is 14.7 Å². The molecule has 1 atom stereocenters. The molecule has 1 unspecified atom stereocenters. The summed E-state index contributed by atoms with van der Waals surface area (Å²) >= 11 is 0. The SMILES string of the molecule is COc1cccc(C2/C(=C(\O)c3c(OC)cccc3OC)C(=O)C(=O)N2Cc2ccccn2)c1. The lowest BCUT2D eigenvalue weighted by Gasteiger charge is -2.25. The average Bonchev–Trinajstić information content (AvgIpc) is 3.13. The number of ketones is 1. The van der Waals surface area contributed by atoms with Crippen molar-refractivity contribution in [2.24, 2.45) is 0 Å². The summed E-state index contributed by atoms with van der Waals surface area (Å²) in [7, 11) is 4.43. The number of ether oxygens (including phenoxy) is 3. The third-order valence-electron chi connectivity index (χ3n) is 5.67. The molecule has 1 amide bonds. The third-order valence-corrected chi connectivity index (χ3v) is 5.67. The number of aliphatic hydroxyl groups is 1. The molecule has 1 saturated heterocycles. The Morgan fingerprint density at radius 2 is 1.65 bits per heavy atom. The van der Waals surface area contributed by atoms with Crippen LogP contribution in [-0.4, -0.2) is 48.0 Å². The van der Waals surface area contributed by atoms with Crippen molar-refractivity contribution in [1.82, 2.24) is 9.88 Å². The molecule has 174 valence electrons. The zero-order valence-electron chi connectivity index (χ0n) is 19.0. The number of likely N-dealkylation sites (tertiary alicyclic amines) is 1. The minimum Gasteiger partial charge on any atom is -0.506 e. The Hall–Kier alpha value is -4.33. The fourth-order valence-electron chi connectivity index (χ4n) is 4.09. The first-order chi connectivity index (χ1) is 16.5. The number of carbonyl (C=O) groups is 2. The number of pyridine rings is 1. The highest BCUT2D eigenvalue weighted by molar-refractivity contribution is 6.46. The average molecular weight is 460 g/mol. The first kappa shape index (κ1) is 22.8. The topological polar surface area (TPSA) is 98.2 Å². The Morgan fingerprint density at radius 3 is 2.26 bits per heavy atom. The lowest BCUT2D eigenvalue weighted by molar-refractivity contribution is -0.140. The molecule has 3 aromatic rings. The molecule has 0 aliphatic carbocycles. The van der Waals surface area contributed by atoms with Gasteiger partial charge in [-0.3, -0.25) is 14.6 Å². The number of benzene rings is 2. The molecule has 1 fully saturated rings. The molecule has 0 radical (unpaired) electrons. The van der Waals surface area contributed by atoms with Crippen LogP contribution >= 0.6 is 0 Å². The quantitative estimate of drug-likeness (QED) is 0.326. The number of hydrogen-bond donors (Lipinski definition) is 1. The standard InChI is InChI=1S/C26H24N2O6/c1-32-18-10-6-8-16(14-18)23-22(24(29)21-19(33-2)11-7-12-20(21)34-3)25(30)26(31)28(23)15-17-9-4-5-13-27-17/h4-14,23,29H,15H2,1-3H3/b24-22+. The molecule has 1 N–H and O–H groups in total. The van der Waals surface area contributed by atoms with E-state index >= 15 is 0 Å². The summed E-state index contributed by atoms with van der Waals surface area (Å²) in [6.45, 7) is 0.0765. The minimum atomic E-state index is -0.883. The van der Waals surface area contributed by atoms with Crippen molar-refractivity contribution in [3.8, 4) is 17.2 Å². The van der Waals surface area contributed by atoms with Gasteiger partial charge in [-0.2, -0.15) is 0 Å². The Balaban J connectivity index is 1.95. The molecule has 0 saturated carbocycles. The van der Waals surface area contributed by atoms with Gasteiger partial charge in [0.25, 0.3) is 11.7 Å². The van der Waals surface area contributed by atoms with Crippen LogP contribution in [0.5, 0.6) is 17.2 Å². The number of rotatable bonds is 7. The Labute approximate surface area is 197 Å². The van der Waals surface area contributed by atoms with E-state index in [4.69, 9.17) is 14.2 Å². The van der Waals surface area contributed by atoms with Crippen LogP contribution in [0.2, 0.25) is 0 Å². The zero-order valence-corrected chi connectivity index (χ0v) is 19.0. The van der Waals surface area contributed by atoms with Crippen molar-refractivity contribution >= 4 is 17.4 Å². The van der Waals surface area contributed by atoms with E-state index < -0.39 is 17.7 Å². The summed E-state index contributed by atoms with van der Waals surface area (Å²) in [5.41, 5.74) is 1.32. The fourth-order valence-corrected chi connectivity index (χ4v) is 4.09. The molecule has 2 aromatic carbocycles. The van der Waals surface area contributed by atoms with Crippen LogP contribution < -0.4 is 14.2 Å². The second-order valence-electron chi connectivity index (χ2n) is 7.56. The zero-order chi connectivity index (χ0) is 24.2. The number of methoxy groups -OCH3 is 3. The molecule has 1 aliphatic rings. The predicted molar refractivity (Wildman–Crippen MR) is 125 cm³/mol. The number of aromatic nitrogens is 1. The minimum absolute atomic E-state index is 0.0722. The predicted octanol–water partition coefficient (Wildman–Crippen LogP) is 3.73. The third kappa shape index (κ3) is 4.05. The molecule has 1 aliphatic heterocycles. The van der Waals surface area contributed by atoms with Gasteiger partial charge < -0.3 is 24.2 Å². The Morgan fingerprint density at radius 1 is 0.941 bits per heavy atom. The number of Topliss-reactive ketones (excluding diaryl/α,β-unsaturated/α-hetero) is 1. The molecular weight excluding hydrogens is 436 g/mol. The maximum atomic E-state index is 13.3. The maximum absolute atomic E-state index is 13.3. The van der Waals surface area contributed by atoms with Crippen LogP contribution in [0.15, 0.2) is 72.4 Å². The number of carbonyl (C=O) groups excluding carboxylic acids is 2. The van der Waals surface area contributed by atoms with E-state index in [1.807, 2.05) is 0 Å². The Bertz CT molecular complexity index is 1230. The molecular formula is C26H24N2O6. The van der Waals surface area contributed by atoms with Gasteiger partial charge in [-0.15, -0.1) is 0 Å². The largest absolute Gasteiger partial charge is 0.506 e. The Kier molecular flexibility index (Phi) is 6.49. The van der Waals surface area contributed by atoms with Crippen LogP contribution in [-0.2, 0) is 16.1 Å². The van der Waals surface area contributed by atoms with Crippen molar-refractivity contribution in [2.45, 2.75) is 12.6 Å². The number of nitrogens with zero attached hydrogens (tertiary/aromatic N) is 2. The summed E-state index contributed by atoms with van der Waals surface area (Å²) in [6, 6.07) is 16.5. The van der Waals surface area contributed by atoms with Gasteiger partial charge in [-0.1, -0.05) is 24.3 Å². The number of hydrogen-bond acceptors (Lipinski definition) is 7. The van der Waals surface area contributed by atoms with Crippen LogP contribution in [0, 0.1) is 0 Å². The highest BCUT2D eigenvalue weighted by Gasteiger charge is 2.47. The lowest BCUT2D eigenvalue weighted by Crippen LogP contribution is -2.29. The van der Waals surface area contributed by atoms with E-state index in [0.29, 0.717) is 28.5 Å². The summed E-state index contributed by atoms with van der Waals surface area (Å²) in [5, 5.41) is 11.4. The number of amides is 1. The smallest absolute Gasteiger partial charge is 0.296 e. The molecule has 4 rings (SSSR count). The van der Waals surface area contributed by atoms with Gasteiger partial charge in [0.1, 0.15) is 28.6 Å². The van der Waals surface area contributed by atoms with Crippen LogP contribution in [0.4, 0.5) is 0 Å². The molecule has 34 heavy (non-hydrogen) atoms. The summed E-state index contributed by atoms with van der Waals surface area (Å²) < 4.78 is 16.2. The van der Waals surface area contributed by atoms with Crippen molar-refractivity contribution in [3.05, 3.63) is 89.3 Å². The first-order valence-corrected chi connectivity index (χ1v) is 10.5. The molecule has 1 aromatic heterocycles. The monoisotopic (exact) mass is 460 g/mol. The van der Waals surface area contributed by atoms with Gasteiger partial charge in [0.05, 0.1) is 45.2 Å². The van der Waals surface area contributed by atoms with Crippen molar-refractivity contribution < 1.29 is 28.9 Å². The lowest BCUT2D eigenvalue weighted by atomic mass is 9.94. The van der Waals surface area contributed by atoms with E-state index in [2.05, 4.69) is 4.98 Å². The van der Waals surface area contributed by atoms with Crippen molar-refractivity contribution in [2.75, 3.05) is 21.3 Å². The van der Waals surface area contributed by atoms with Crippen LogP contribution in [0.25, 0.3) is 5.76 Å². The molecule has 0 spiro atoms. The van der Waals surface area contributed by atoms with E-state index in [0.717, 1.165) is 0 Å². The van der Waals surface area contributed by atoms with Crippen molar-refractivity contribution in [1.29, 1.82) is 0 Å². The van der Waals surface area contributed by atoms with Gasteiger partial charge in [-0.25, -0.2) is 0 Å². The van der Waals surface area contributed by atoms with Crippen LogP contribution in [0.1, 0.15) is 22.9 Å². The van der Waals surface area contributed by atoms with Crippen molar-refractivity contribution in [3.63, 3.8) is 0 Å². The highest BCUT2D eigenvalue weighted by Crippen LogP contribution is 2.44. The van der Waals surface area contributed by atoms with Gasteiger partial charge in [0.15, 0.2) is 0 Å². The molecule has 0 bridgehead atoms.